The van der Waals surface area contributed by atoms with E-state index in [4.69, 9.17) is 4.74 Å². The summed E-state index contributed by atoms with van der Waals surface area (Å²) in [4.78, 5) is 19.3. The van der Waals surface area contributed by atoms with Gasteiger partial charge in [-0.3, -0.25) is 9.97 Å². The summed E-state index contributed by atoms with van der Waals surface area (Å²) in [5, 5.41) is 0. The van der Waals surface area contributed by atoms with Gasteiger partial charge >= 0.3 is 5.97 Å². The van der Waals surface area contributed by atoms with E-state index < -0.39 is 5.97 Å². The van der Waals surface area contributed by atoms with Crippen LogP contribution in [-0.2, 0) is 16.1 Å². The summed E-state index contributed by atoms with van der Waals surface area (Å²) in [6, 6.07) is 9.55. The van der Waals surface area contributed by atoms with Crippen LogP contribution in [-0.4, -0.2) is 15.9 Å². The van der Waals surface area contributed by atoms with Gasteiger partial charge < -0.3 is 4.74 Å². The van der Waals surface area contributed by atoms with Gasteiger partial charge in [0.1, 0.15) is 6.61 Å². The van der Waals surface area contributed by atoms with Crippen molar-refractivity contribution in [3.63, 3.8) is 0 Å². The fraction of sp³-hybridized carbons (Fsp3) is 0.0714. The molecule has 0 atom stereocenters. The van der Waals surface area contributed by atoms with E-state index in [2.05, 4.69) is 9.97 Å². The molecule has 0 saturated carbocycles. The number of aromatic nitrogens is 2. The second-order valence-corrected chi connectivity index (χ2v) is 3.55. The van der Waals surface area contributed by atoms with E-state index in [-0.39, 0.29) is 6.61 Å². The van der Waals surface area contributed by atoms with E-state index in [1.807, 2.05) is 30.3 Å². The molecule has 18 heavy (non-hydrogen) atoms. The summed E-state index contributed by atoms with van der Waals surface area (Å²) in [6.07, 6.45) is 7.79. The zero-order chi connectivity index (χ0) is 12.6. The standard InChI is InChI=1S/C14H12N2O2/c17-14(7-6-12-4-2-1-3-5-12)18-11-13-10-15-8-9-16-13/h1-10H,11H2. The van der Waals surface area contributed by atoms with Crippen LogP contribution >= 0.6 is 0 Å². The van der Waals surface area contributed by atoms with Crippen molar-refractivity contribution < 1.29 is 9.53 Å². The number of ether oxygens (including phenoxy) is 1. The van der Waals surface area contributed by atoms with Crippen LogP contribution in [0.1, 0.15) is 11.3 Å². The van der Waals surface area contributed by atoms with Crippen molar-refractivity contribution in [3.05, 3.63) is 66.3 Å². The quantitative estimate of drug-likeness (QED) is 0.607. The van der Waals surface area contributed by atoms with Crippen LogP contribution in [0.5, 0.6) is 0 Å². The molecular weight excluding hydrogens is 228 g/mol. The third-order valence-corrected chi connectivity index (χ3v) is 2.19. The molecule has 4 nitrogen and oxygen atoms in total. The minimum atomic E-state index is -0.399. The third-order valence-electron chi connectivity index (χ3n) is 2.19. The highest BCUT2D eigenvalue weighted by atomic mass is 16.5. The number of carbonyl (C=O) groups is 1. The van der Waals surface area contributed by atoms with Crippen molar-refractivity contribution in [2.24, 2.45) is 0 Å². The molecule has 0 N–H and O–H groups in total. The topological polar surface area (TPSA) is 52.1 Å². The van der Waals surface area contributed by atoms with Gasteiger partial charge in [-0.2, -0.15) is 0 Å². The zero-order valence-corrected chi connectivity index (χ0v) is 9.69. The Balaban J connectivity index is 1.84. The van der Waals surface area contributed by atoms with Gasteiger partial charge in [0.25, 0.3) is 0 Å². The molecule has 0 amide bonds. The van der Waals surface area contributed by atoms with E-state index >= 15 is 0 Å². The molecule has 0 spiro atoms. The summed E-state index contributed by atoms with van der Waals surface area (Å²) < 4.78 is 5.02. The average molecular weight is 240 g/mol. The van der Waals surface area contributed by atoms with Gasteiger partial charge in [-0.1, -0.05) is 30.3 Å². The number of carbonyl (C=O) groups excluding carboxylic acids is 1. The molecule has 1 aromatic heterocycles. The Morgan fingerprint density at radius 3 is 2.78 bits per heavy atom. The molecule has 0 radical (unpaired) electrons. The predicted octanol–water partition coefficient (Wildman–Crippen LogP) is 2.23. The Labute approximate surface area is 105 Å². The number of hydrogen-bond acceptors (Lipinski definition) is 4. The number of nitrogens with zero attached hydrogens (tertiary/aromatic N) is 2. The maximum absolute atomic E-state index is 11.4. The fourth-order valence-electron chi connectivity index (χ4n) is 1.33. The molecule has 0 fully saturated rings. The molecule has 0 aliphatic rings. The summed E-state index contributed by atoms with van der Waals surface area (Å²) in [6.45, 7) is 0.131. The molecule has 2 aromatic rings. The lowest BCUT2D eigenvalue weighted by Gasteiger charge is -2.00. The number of hydrogen-bond donors (Lipinski definition) is 0. The monoisotopic (exact) mass is 240 g/mol. The number of esters is 1. The van der Waals surface area contributed by atoms with Gasteiger partial charge in [-0.15, -0.1) is 0 Å². The number of benzene rings is 1. The van der Waals surface area contributed by atoms with E-state index in [0.717, 1.165) is 5.56 Å². The Bertz CT molecular complexity index is 524. The van der Waals surface area contributed by atoms with Crippen LogP contribution in [0.25, 0.3) is 6.08 Å². The molecule has 0 aliphatic heterocycles. The fourth-order valence-corrected chi connectivity index (χ4v) is 1.33. The SMILES string of the molecule is O=C(C=Cc1ccccc1)OCc1cnccn1. The van der Waals surface area contributed by atoms with Crippen LogP contribution in [0.15, 0.2) is 55.0 Å². The first-order chi connectivity index (χ1) is 8.84. The second-order valence-electron chi connectivity index (χ2n) is 3.55. The van der Waals surface area contributed by atoms with Crippen molar-refractivity contribution in [1.29, 1.82) is 0 Å². The molecular formula is C14H12N2O2. The summed E-state index contributed by atoms with van der Waals surface area (Å²) in [7, 11) is 0. The Morgan fingerprint density at radius 2 is 2.06 bits per heavy atom. The largest absolute Gasteiger partial charge is 0.456 e. The highest BCUT2D eigenvalue weighted by molar-refractivity contribution is 5.86. The van der Waals surface area contributed by atoms with Crippen molar-refractivity contribution in [2.75, 3.05) is 0 Å². The van der Waals surface area contributed by atoms with E-state index in [1.54, 1.807) is 24.7 Å². The summed E-state index contributed by atoms with van der Waals surface area (Å²) >= 11 is 0. The average Bonchev–Trinajstić information content (AvgIpc) is 2.45. The molecule has 2 rings (SSSR count). The minimum absolute atomic E-state index is 0.131. The van der Waals surface area contributed by atoms with Gasteiger partial charge in [0.2, 0.25) is 0 Å². The first kappa shape index (κ1) is 12.0. The highest BCUT2D eigenvalue weighted by Crippen LogP contribution is 2.02. The van der Waals surface area contributed by atoms with Crippen molar-refractivity contribution in [2.45, 2.75) is 6.61 Å². The van der Waals surface area contributed by atoms with Crippen molar-refractivity contribution >= 4 is 12.0 Å². The van der Waals surface area contributed by atoms with Crippen LogP contribution < -0.4 is 0 Å². The lowest BCUT2D eigenvalue weighted by atomic mass is 10.2. The van der Waals surface area contributed by atoms with E-state index in [1.165, 1.54) is 6.08 Å². The molecule has 90 valence electrons. The molecule has 0 saturated heterocycles. The van der Waals surface area contributed by atoms with Crippen molar-refractivity contribution in [3.8, 4) is 0 Å². The molecule has 0 aliphatic carbocycles. The second kappa shape index (κ2) is 6.30. The predicted molar refractivity (Wildman–Crippen MR) is 67.3 cm³/mol. The molecule has 0 bridgehead atoms. The van der Waals surface area contributed by atoms with Gasteiger partial charge in [-0.05, 0) is 11.6 Å². The van der Waals surface area contributed by atoms with E-state index in [9.17, 15) is 4.79 Å². The van der Waals surface area contributed by atoms with Crippen LogP contribution in [0.4, 0.5) is 0 Å². The van der Waals surface area contributed by atoms with Crippen molar-refractivity contribution in [1.82, 2.24) is 9.97 Å². The summed E-state index contributed by atoms with van der Waals surface area (Å²) in [5.74, 6) is -0.399. The third kappa shape index (κ3) is 3.83. The Kier molecular flexibility index (Phi) is 4.19. The number of rotatable bonds is 4. The lowest BCUT2D eigenvalue weighted by Crippen LogP contribution is -2.02. The van der Waals surface area contributed by atoms with Gasteiger partial charge in [0.05, 0.1) is 11.9 Å². The molecule has 4 heteroatoms. The van der Waals surface area contributed by atoms with Crippen LogP contribution in [0.3, 0.4) is 0 Å². The van der Waals surface area contributed by atoms with Gasteiger partial charge in [0.15, 0.2) is 0 Å². The zero-order valence-electron chi connectivity index (χ0n) is 9.69. The minimum Gasteiger partial charge on any atom is -0.456 e. The first-order valence-corrected chi connectivity index (χ1v) is 5.49. The maximum Gasteiger partial charge on any atom is 0.331 e. The van der Waals surface area contributed by atoms with Gasteiger partial charge in [0, 0.05) is 18.5 Å². The smallest absolute Gasteiger partial charge is 0.331 e. The highest BCUT2D eigenvalue weighted by Gasteiger charge is 1.99. The Hall–Kier alpha value is -2.49. The van der Waals surface area contributed by atoms with Crippen LogP contribution in [0, 0.1) is 0 Å². The molecule has 1 heterocycles. The first-order valence-electron chi connectivity index (χ1n) is 5.49. The lowest BCUT2D eigenvalue weighted by molar-refractivity contribution is -0.139. The normalized spacial score (nSPS) is 10.4. The molecule has 0 unspecified atom stereocenters. The summed E-state index contributed by atoms with van der Waals surface area (Å²) in [5.41, 5.74) is 1.58. The Morgan fingerprint density at radius 1 is 1.22 bits per heavy atom. The van der Waals surface area contributed by atoms with Crippen LogP contribution in [0.2, 0.25) is 0 Å². The maximum atomic E-state index is 11.4. The van der Waals surface area contributed by atoms with Gasteiger partial charge in [-0.25, -0.2) is 4.79 Å². The van der Waals surface area contributed by atoms with E-state index in [0.29, 0.717) is 5.69 Å². The molecule has 1 aromatic carbocycles.